The van der Waals surface area contributed by atoms with E-state index in [2.05, 4.69) is 5.32 Å². The molecule has 5 nitrogen and oxygen atoms in total. The summed E-state index contributed by atoms with van der Waals surface area (Å²) in [7, 11) is 0. The third-order valence-corrected chi connectivity index (χ3v) is 2.63. The highest BCUT2D eigenvalue weighted by Crippen LogP contribution is 2.06. The monoisotopic (exact) mass is 248 g/mol. The average molecular weight is 248 g/mol. The number of amides is 1. The molecule has 0 aliphatic carbocycles. The Labute approximate surface area is 100 Å². The highest BCUT2D eigenvalue weighted by atomic mass is 32.2. The summed E-state index contributed by atoms with van der Waals surface area (Å²) >= 11 is 1.39. The zero-order valence-electron chi connectivity index (χ0n) is 9.95. The predicted molar refractivity (Wildman–Crippen MR) is 65.4 cm³/mol. The average Bonchev–Trinajstić information content (AvgIpc) is 2.08. The van der Waals surface area contributed by atoms with E-state index >= 15 is 0 Å². The molecule has 4 N–H and O–H groups in total. The number of hydrogen-bond acceptors (Lipinski definition) is 4. The molecule has 0 saturated heterocycles. The standard InChI is InChI=1S/C10H20N2O3S/c1-10(2,3)12-8(13)6-16-5-4-7(11)9(14)15/h7H,4-6,11H2,1-3H3,(H,12,13)(H,14,15). The van der Waals surface area contributed by atoms with Gasteiger partial charge < -0.3 is 16.2 Å². The van der Waals surface area contributed by atoms with Gasteiger partial charge >= 0.3 is 5.97 Å². The third-order valence-electron chi connectivity index (χ3n) is 1.64. The summed E-state index contributed by atoms with van der Waals surface area (Å²) in [4.78, 5) is 21.8. The Kier molecular flexibility index (Phi) is 6.43. The number of rotatable bonds is 6. The first kappa shape index (κ1) is 15.2. The molecule has 0 rings (SSSR count). The molecule has 1 unspecified atom stereocenters. The van der Waals surface area contributed by atoms with Crippen molar-refractivity contribution in [2.75, 3.05) is 11.5 Å². The number of carboxylic acids is 1. The van der Waals surface area contributed by atoms with Crippen molar-refractivity contribution >= 4 is 23.6 Å². The first-order valence-electron chi connectivity index (χ1n) is 5.09. The zero-order chi connectivity index (χ0) is 12.8. The van der Waals surface area contributed by atoms with Crippen molar-refractivity contribution in [3.63, 3.8) is 0 Å². The molecular weight excluding hydrogens is 228 g/mol. The van der Waals surface area contributed by atoms with E-state index in [1.54, 1.807) is 0 Å². The minimum absolute atomic E-state index is 0.0404. The third kappa shape index (κ3) is 8.55. The molecule has 0 fully saturated rings. The molecule has 0 bridgehead atoms. The van der Waals surface area contributed by atoms with Crippen molar-refractivity contribution in [3.8, 4) is 0 Å². The fraction of sp³-hybridized carbons (Fsp3) is 0.800. The second-order valence-corrected chi connectivity index (χ2v) is 5.69. The molecular formula is C10H20N2O3S. The smallest absolute Gasteiger partial charge is 0.320 e. The topological polar surface area (TPSA) is 92.4 Å². The predicted octanol–water partition coefficient (Wildman–Crippen LogP) is 0.436. The van der Waals surface area contributed by atoms with Gasteiger partial charge in [0.25, 0.3) is 0 Å². The van der Waals surface area contributed by atoms with Crippen LogP contribution < -0.4 is 11.1 Å². The van der Waals surface area contributed by atoms with Gasteiger partial charge in [-0.2, -0.15) is 11.8 Å². The van der Waals surface area contributed by atoms with E-state index in [1.165, 1.54) is 11.8 Å². The Bertz CT molecular complexity index is 251. The van der Waals surface area contributed by atoms with Gasteiger partial charge in [0, 0.05) is 5.54 Å². The maximum Gasteiger partial charge on any atom is 0.320 e. The van der Waals surface area contributed by atoms with Crippen LogP contribution in [0.15, 0.2) is 0 Å². The van der Waals surface area contributed by atoms with Crippen LogP contribution in [0.5, 0.6) is 0 Å². The van der Waals surface area contributed by atoms with Gasteiger partial charge in [-0.3, -0.25) is 9.59 Å². The molecule has 6 heteroatoms. The van der Waals surface area contributed by atoms with Gasteiger partial charge in [-0.25, -0.2) is 0 Å². The summed E-state index contributed by atoms with van der Waals surface area (Å²) in [6, 6.07) is -0.835. The lowest BCUT2D eigenvalue weighted by atomic mass is 10.1. The molecule has 16 heavy (non-hydrogen) atoms. The lowest BCUT2D eigenvalue weighted by Crippen LogP contribution is -2.41. The Morgan fingerprint density at radius 2 is 2.00 bits per heavy atom. The summed E-state index contributed by atoms with van der Waals surface area (Å²) in [5.74, 6) is -0.129. The van der Waals surface area contributed by atoms with Gasteiger partial charge in [0.2, 0.25) is 5.91 Å². The maximum atomic E-state index is 11.4. The molecule has 0 aliphatic rings. The molecule has 0 heterocycles. The molecule has 0 saturated carbocycles. The van der Waals surface area contributed by atoms with Gasteiger partial charge in [0.15, 0.2) is 0 Å². The molecule has 94 valence electrons. The number of aliphatic carboxylic acids is 1. The van der Waals surface area contributed by atoms with Crippen molar-refractivity contribution < 1.29 is 14.7 Å². The van der Waals surface area contributed by atoms with Crippen LogP contribution in [0.1, 0.15) is 27.2 Å². The van der Waals surface area contributed by atoms with E-state index in [0.29, 0.717) is 17.9 Å². The first-order chi connectivity index (χ1) is 7.22. The first-order valence-corrected chi connectivity index (χ1v) is 6.25. The fourth-order valence-electron chi connectivity index (χ4n) is 0.953. The lowest BCUT2D eigenvalue weighted by Gasteiger charge is -2.20. The minimum atomic E-state index is -1.00. The lowest BCUT2D eigenvalue weighted by molar-refractivity contribution is -0.138. The summed E-state index contributed by atoms with van der Waals surface area (Å²) in [6.07, 6.45) is 0.378. The van der Waals surface area contributed by atoms with Crippen LogP contribution in [-0.2, 0) is 9.59 Å². The molecule has 0 aromatic carbocycles. The van der Waals surface area contributed by atoms with E-state index in [0.717, 1.165) is 0 Å². The van der Waals surface area contributed by atoms with Crippen molar-refractivity contribution in [1.82, 2.24) is 5.32 Å². The number of carboxylic acid groups (broad SMARTS) is 1. The SMILES string of the molecule is CC(C)(C)NC(=O)CSCCC(N)C(=O)O. The number of nitrogens with one attached hydrogen (secondary N) is 1. The molecule has 0 radical (unpaired) electrons. The van der Waals surface area contributed by atoms with Crippen LogP contribution >= 0.6 is 11.8 Å². The van der Waals surface area contributed by atoms with Gasteiger partial charge in [0.05, 0.1) is 5.75 Å². The van der Waals surface area contributed by atoms with Crippen molar-refractivity contribution in [2.45, 2.75) is 38.8 Å². The Morgan fingerprint density at radius 3 is 2.44 bits per heavy atom. The van der Waals surface area contributed by atoms with Gasteiger partial charge in [-0.05, 0) is 32.9 Å². The molecule has 0 aromatic heterocycles. The van der Waals surface area contributed by atoms with E-state index in [1.807, 2.05) is 20.8 Å². The van der Waals surface area contributed by atoms with E-state index < -0.39 is 12.0 Å². The Morgan fingerprint density at radius 1 is 1.44 bits per heavy atom. The second-order valence-electron chi connectivity index (χ2n) is 4.58. The van der Waals surface area contributed by atoms with Crippen LogP contribution in [0, 0.1) is 0 Å². The van der Waals surface area contributed by atoms with Crippen LogP contribution in [0.3, 0.4) is 0 Å². The van der Waals surface area contributed by atoms with Gasteiger partial charge in [-0.1, -0.05) is 0 Å². The van der Waals surface area contributed by atoms with Crippen LogP contribution in [0.2, 0.25) is 0 Å². The summed E-state index contributed by atoms with van der Waals surface area (Å²) in [5.41, 5.74) is 5.09. The maximum absolute atomic E-state index is 11.4. The second kappa shape index (κ2) is 6.75. The minimum Gasteiger partial charge on any atom is -0.480 e. The highest BCUT2D eigenvalue weighted by molar-refractivity contribution is 7.99. The van der Waals surface area contributed by atoms with Crippen LogP contribution in [-0.4, -0.2) is 40.1 Å². The summed E-state index contributed by atoms with van der Waals surface area (Å²) in [5, 5.41) is 11.4. The normalized spacial score (nSPS) is 13.2. The highest BCUT2D eigenvalue weighted by Gasteiger charge is 2.14. The van der Waals surface area contributed by atoms with Gasteiger partial charge in [-0.15, -0.1) is 0 Å². The molecule has 1 atom stereocenters. The van der Waals surface area contributed by atoms with Crippen molar-refractivity contribution in [2.24, 2.45) is 5.73 Å². The van der Waals surface area contributed by atoms with Crippen molar-refractivity contribution in [3.05, 3.63) is 0 Å². The molecule has 1 amide bonds. The fourth-order valence-corrected chi connectivity index (χ4v) is 1.78. The van der Waals surface area contributed by atoms with Crippen molar-refractivity contribution in [1.29, 1.82) is 0 Å². The van der Waals surface area contributed by atoms with Crippen LogP contribution in [0.4, 0.5) is 0 Å². The largest absolute Gasteiger partial charge is 0.480 e. The zero-order valence-corrected chi connectivity index (χ0v) is 10.8. The number of carbonyl (C=O) groups excluding carboxylic acids is 1. The molecule has 0 aliphatic heterocycles. The Hall–Kier alpha value is -0.750. The van der Waals surface area contributed by atoms with Gasteiger partial charge in [0.1, 0.15) is 6.04 Å². The molecule has 0 aromatic rings. The molecule has 0 spiro atoms. The Balaban J connectivity index is 3.60. The van der Waals surface area contributed by atoms with E-state index in [-0.39, 0.29) is 11.4 Å². The van der Waals surface area contributed by atoms with Crippen LogP contribution in [0.25, 0.3) is 0 Å². The van der Waals surface area contributed by atoms with E-state index in [9.17, 15) is 9.59 Å². The number of thioether (sulfide) groups is 1. The number of nitrogens with two attached hydrogens (primary N) is 1. The summed E-state index contributed by atoms with van der Waals surface area (Å²) in [6.45, 7) is 5.74. The van der Waals surface area contributed by atoms with E-state index in [4.69, 9.17) is 10.8 Å². The number of hydrogen-bond donors (Lipinski definition) is 3. The summed E-state index contributed by atoms with van der Waals surface area (Å²) < 4.78 is 0. The number of carbonyl (C=O) groups is 2. The quantitative estimate of drug-likeness (QED) is 0.593.